The Bertz CT molecular complexity index is 539. The van der Waals surface area contributed by atoms with Crippen LogP contribution in [-0.2, 0) is 0 Å². The molecule has 0 radical (unpaired) electrons. The van der Waals surface area contributed by atoms with Gasteiger partial charge in [-0.1, -0.05) is 46.3 Å². The predicted octanol–water partition coefficient (Wildman–Crippen LogP) is 3.94. The Hall–Kier alpha value is -1.19. The number of halogens is 2. The minimum absolute atomic E-state index is 0.264. The molecule has 0 aliphatic rings. The minimum Gasteiger partial charge on any atom is -0.320 e. The van der Waals surface area contributed by atoms with Crippen LogP contribution in [0.1, 0.15) is 22.7 Å². The van der Waals surface area contributed by atoms with E-state index in [2.05, 4.69) is 15.9 Å². The summed E-state index contributed by atoms with van der Waals surface area (Å²) < 4.78 is 14.7. The molecule has 0 saturated carbocycles. The molecule has 0 aromatic heterocycles. The third-order valence-corrected chi connectivity index (χ3v) is 3.74. The fourth-order valence-corrected chi connectivity index (χ4v) is 2.24. The third kappa shape index (κ3) is 2.40. The summed E-state index contributed by atoms with van der Waals surface area (Å²) >= 11 is 3.46. The van der Waals surface area contributed by atoms with Gasteiger partial charge in [0, 0.05) is 10.0 Å². The van der Waals surface area contributed by atoms with Crippen LogP contribution in [0.5, 0.6) is 0 Å². The van der Waals surface area contributed by atoms with Crippen LogP contribution in [-0.4, -0.2) is 0 Å². The second-order valence-electron chi connectivity index (χ2n) is 3.95. The van der Waals surface area contributed by atoms with Crippen molar-refractivity contribution in [2.45, 2.75) is 13.0 Å². The molecule has 0 aliphatic heterocycles. The van der Waals surface area contributed by atoms with E-state index in [1.54, 1.807) is 18.2 Å². The highest BCUT2D eigenvalue weighted by Gasteiger charge is 2.15. The van der Waals surface area contributed by atoms with Gasteiger partial charge in [0.05, 0.1) is 6.04 Å². The largest absolute Gasteiger partial charge is 0.320 e. The maximum Gasteiger partial charge on any atom is 0.128 e. The smallest absolute Gasteiger partial charge is 0.128 e. The molecule has 17 heavy (non-hydrogen) atoms. The molecule has 1 atom stereocenters. The van der Waals surface area contributed by atoms with Gasteiger partial charge in [-0.05, 0) is 30.2 Å². The summed E-state index contributed by atoms with van der Waals surface area (Å²) in [6, 6.07) is 12.0. The lowest BCUT2D eigenvalue weighted by Gasteiger charge is -2.16. The summed E-state index contributed by atoms with van der Waals surface area (Å²) in [6.07, 6.45) is 0. The summed E-state index contributed by atoms with van der Waals surface area (Å²) in [5.74, 6) is -0.264. The van der Waals surface area contributed by atoms with Crippen molar-refractivity contribution in [1.82, 2.24) is 0 Å². The summed E-state index contributed by atoms with van der Waals surface area (Å²) in [7, 11) is 0. The topological polar surface area (TPSA) is 26.0 Å². The minimum atomic E-state index is -0.436. The Labute approximate surface area is 109 Å². The SMILES string of the molecule is Cc1c(Br)cccc1C(N)c1ccccc1F. The van der Waals surface area contributed by atoms with E-state index >= 15 is 0 Å². The van der Waals surface area contributed by atoms with Crippen molar-refractivity contribution in [3.63, 3.8) is 0 Å². The number of hydrogen-bond acceptors (Lipinski definition) is 1. The van der Waals surface area contributed by atoms with Crippen LogP contribution in [0.25, 0.3) is 0 Å². The van der Waals surface area contributed by atoms with Crippen LogP contribution in [0.3, 0.4) is 0 Å². The summed E-state index contributed by atoms with van der Waals surface area (Å²) in [6.45, 7) is 1.97. The van der Waals surface area contributed by atoms with E-state index in [1.807, 2.05) is 25.1 Å². The zero-order valence-electron chi connectivity index (χ0n) is 9.45. The predicted molar refractivity (Wildman–Crippen MR) is 71.3 cm³/mol. The van der Waals surface area contributed by atoms with Crippen molar-refractivity contribution < 1.29 is 4.39 Å². The Morgan fingerprint density at radius 1 is 1.06 bits per heavy atom. The zero-order chi connectivity index (χ0) is 12.4. The molecule has 0 amide bonds. The van der Waals surface area contributed by atoms with Crippen LogP contribution >= 0.6 is 15.9 Å². The molecular formula is C14H13BrFN. The standard InChI is InChI=1S/C14H13BrFN/c1-9-10(6-4-7-12(9)15)14(17)11-5-2-3-8-13(11)16/h2-8,14H,17H2,1H3. The van der Waals surface area contributed by atoms with Crippen molar-refractivity contribution in [2.24, 2.45) is 5.73 Å². The van der Waals surface area contributed by atoms with Gasteiger partial charge in [-0.2, -0.15) is 0 Å². The zero-order valence-corrected chi connectivity index (χ0v) is 11.0. The first-order valence-electron chi connectivity index (χ1n) is 5.36. The van der Waals surface area contributed by atoms with Gasteiger partial charge in [0.2, 0.25) is 0 Å². The van der Waals surface area contributed by atoms with Crippen molar-refractivity contribution in [3.05, 3.63) is 69.4 Å². The Morgan fingerprint density at radius 3 is 2.41 bits per heavy atom. The molecular weight excluding hydrogens is 281 g/mol. The van der Waals surface area contributed by atoms with Gasteiger partial charge in [-0.25, -0.2) is 4.39 Å². The van der Waals surface area contributed by atoms with E-state index in [0.717, 1.165) is 15.6 Å². The second kappa shape index (κ2) is 4.98. The molecule has 2 rings (SSSR count). The lowest BCUT2D eigenvalue weighted by atomic mass is 9.95. The van der Waals surface area contributed by atoms with E-state index in [1.165, 1.54) is 6.07 Å². The first-order valence-corrected chi connectivity index (χ1v) is 6.15. The molecule has 0 spiro atoms. The lowest BCUT2D eigenvalue weighted by molar-refractivity contribution is 0.599. The average molecular weight is 294 g/mol. The van der Waals surface area contributed by atoms with Crippen LogP contribution in [0.2, 0.25) is 0 Å². The van der Waals surface area contributed by atoms with Crippen LogP contribution < -0.4 is 5.73 Å². The molecule has 0 bridgehead atoms. The van der Waals surface area contributed by atoms with Gasteiger partial charge in [-0.3, -0.25) is 0 Å². The van der Waals surface area contributed by atoms with Gasteiger partial charge in [0.1, 0.15) is 5.82 Å². The van der Waals surface area contributed by atoms with Crippen LogP contribution in [0.15, 0.2) is 46.9 Å². The first kappa shape index (κ1) is 12.3. The molecule has 0 heterocycles. The van der Waals surface area contributed by atoms with Gasteiger partial charge in [-0.15, -0.1) is 0 Å². The summed E-state index contributed by atoms with van der Waals surface area (Å²) in [5.41, 5.74) is 8.63. The average Bonchev–Trinajstić information content (AvgIpc) is 2.32. The van der Waals surface area contributed by atoms with Crippen molar-refractivity contribution in [2.75, 3.05) is 0 Å². The van der Waals surface area contributed by atoms with Crippen LogP contribution in [0, 0.1) is 12.7 Å². The Morgan fingerprint density at radius 2 is 1.71 bits per heavy atom. The molecule has 88 valence electrons. The van der Waals surface area contributed by atoms with E-state index in [4.69, 9.17) is 5.73 Å². The first-order chi connectivity index (χ1) is 8.11. The van der Waals surface area contributed by atoms with Crippen LogP contribution in [0.4, 0.5) is 4.39 Å². The number of rotatable bonds is 2. The van der Waals surface area contributed by atoms with E-state index in [-0.39, 0.29) is 5.82 Å². The van der Waals surface area contributed by atoms with Crippen molar-refractivity contribution in [1.29, 1.82) is 0 Å². The molecule has 1 nitrogen and oxygen atoms in total. The third-order valence-electron chi connectivity index (χ3n) is 2.88. The summed E-state index contributed by atoms with van der Waals surface area (Å²) in [4.78, 5) is 0. The van der Waals surface area contributed by atoms with Gasteiger partial charge in [0.15, 0.2) is 0 Å². The van der Waals surface area contributed by atoms with E-state index < -0.39 is 6.04 Å². The molecule has 0 saturated heterocycles. The molecule has 0 fully saturated rings. The maximum absolute atomic E-state index is 13.7. The maximum atomic E-state index is 13.7. The molecule has 3 heteroatoms. The highest BCUT2D eigenvalue weighted by molar-refractivity contribution is 9.10. The summed E-state index contributed by atoms with van der Waals surface area (Å²) in [5, 5.41) is 0. The monoisotopic (exact) mass is 293 g/mol. The highest BCUT2D eigenvalue weighted by Crippen LogP contribution is 2.28. The van der Waals surface area contributed by atoms with E-state index in [0.29, 0.717) is 5.56 Å². The van der Waals surface area contributed by atoms with Gasteiger partial charge in [0.25, 0.3) is 0 Å². The van der Waals surface area contributed by atoms with Crippen molar-refractivity contribution in [3.8, 4) is 0 Å². The number of benzene rings is 2. The normalized spacial score (nSPS) is 12.5. The molecule has 2 aromatic rings. The van der Waals surface area contributed by atoms with Crippen molar-refractivity contribution >= 4 is 15.9 Å². The molecule has 0 aliphatic carbocycles. The molecule has 2 N–H and O–H groups in total. The Kier molecular flexibility index (Phi) is 3.60. The number of hydrogen-bond donors (Lipinski definition) is 1. The van der Waals surface area contributed by atoms with Gasteiger partial charge >= 0.3 is 0 Å². The van der Waals surface area contributed by atoms with Gasteiger partial charge < -0.3 is 5.73 Å². The second-order valence-corrected chi connectivity index (χ2v) is 4.81. The quantitative estimate of drug-likeness (QED) is 0.892. The fourth-order valence-electron chi connectivity index (χ4n) is 1.86. The van der Waals surface area contributed by atoms with E-state index in [9.17, 15) is 4.39 Å². The molecule has 1 unspecified atom stereocenters. The fraction of sp³-hybridized carbons (Fsp3) is 0.143. The lowest BCUT2D eigenvalue weighted by Crippen LogP contribution is -2.15. The highest BCUT2D eigenvalue weighted by atomic mass is 79.9. The molecule has 2 aromatic carbocycles. The number of nitrogens with two attached hydrogens (primary N) is 1. The Balaban J connectivity index is 2.48.